The number of anilines is 1. The maximum Gasteiger partial charge on any atom is 0.239 e. The van der Waals surface area contributed by atoms with Crippen molar-refractivity contribution in [3.05, 3.63) is 30.1 Å². The molecule has 18 heavy (non-hydrogen) atoms. The monoisotopic (exact) mass is 251 g/mol. The Kier molecular flexibility index (Phi) is 3.81. The molecule has 1 aliphatic heterocycles. The normalized spacial score (nSPS) is 17.7. The second kappa shape index (κ2) is 5.35. The largest absolute Gasteiger partial charge is 0.366 e. The van der Waals surface area contributed by atoms with E-state index in [1.54, 1.807) is 24.0 Å². The van der Waals surface area contributed by atoms with E-state index in [4.69, 9.17) is 5.73 Å². The van der Waals surface area contributed by atoms with E-state index in [0.29, 0.717) is 31.9 Å². The highest BCUT2D eigenvalue weighted by molar-refractivity contribution is 5.81. The summed E-state index contributed by atoms with van der Waals surface area (Å²) >= 11 is 0. The molecule has 0 saturated carbocycles. The van der Waals surface area contributed by atoms with Crippen LogP contribution in [0.1, 0.15) is 6.92 Å². The Balaban J connectivity index is 1.99. The standard InChI is InChI=1S/C13H18FN3O/c1-10(15)13(18)17-8-6-16(7-9-17)12-5-3-2-4-11(12)14/h2-5,10H,6-9,15H2,1H3. The third kappa shape index (κ3) is 2.61. The van der Waals surface area contributed by atoms with Crippen molar-refractivity contribution in [1.82, 2.24) is 4.90 Å². The van der Waals surface area contributed by atoms with Gasteiger partial charge < -0.3 is 15.5 Å². The molecule has 1 aromatic rings. The summed E-state index contributed by atoms with van der Waals surface area (Å²) in [6, 6.07) is 6.24. The van der Waals surface area contributed by atoms with Gasteiger partial charge in [-0.2, -0.15) is 0 Å². The first kappa shape index (κ1) is 12.8. The quantitative estimate of drug-likeness (QED) is 0.846. The molecule has 1 aromatic carbocycles. The van der Waals surface area contributed by atoms with Crippen molar-refractivity contribution >= 4 is 11.6 Å². The molecule has 0 radical (unpaired) electrons. The summed E-state index contributed by atoms with van der Waals surface area (Å²) in [5.41, 5.74) is 6.17. The van der Waals surface area contributed by atoms with Gasteiger partial charge in [0.1, 0.15) is 5.82 Å². The zero-order valence-corrected chi connectivity index (χ0v) is 10.5. The first-order valence-corrected chi connectivity index (χ1v) is 6.13. The second-order valence-corrected chi connectivity index (χ2v) is 4.55. The summed E-state index contributed by atoms with van der Waals surface area (Å²) < 4.78 is 13.6. The number of hydrogen-bond donors (Lipinski definition) is 1. The number of para-hydroxylation sites is 1. The van der Waals surface area contributed by atoms with Crippen LogP contribution in [-0.4, -0.2) is 43.0 Å². The molecule has 0 bridgehead atoms. The van der Waals surface area contributed by atoms with Crippen LogP contribution in [0.25, 0.3) is 0 Å². The van der Waals surface area contributed by atoms with Gasteiger partial charge in [-0.1, -0.05) is 12.1 Å². The smallest absolute Gasteiger partial charge is 0.239 e. The van der Waals surface area contributed by atoms with Gasteiger partial charge in [0, 0.05) is 26.2 Å². The molecule has 1 aliphatic rings. The molecule has 1 unspecified atom stereocenters. The third-order valence-corrected chi connectivity index (χ3v) is 3.17. The van der Waals surface area contributed by atoms with Gasteiger partial charge in [-0.3, -0.25) is 4.79 Å². The molecule has 1 atom stereocenters. The number of carbonyl (C=O) groups is 1. The average molecular weight is 251 g/mol. The predicted octanol–water partition coefficient (Wildman–Crippen LogP) is 0.822. The van der Waals surface area contributed by atoms with Gasteiger partial charge in [0.2, 0.25) is 5.91 Å². The maximum absolute atomic E-state index is 13.6. The van der Waals surface area contributed by atoms with Crippen molar-refractivity contribution in [2.75, 3.05) is 31.1 Å². The van der Waals surface area contributed by atoms with Crippen LogP contribution in [0.5, 0.6) is 0 Å². The van der Waals surface area contributed by atoms with Crippen molar-refractivity contribution < 1.29 is 9.18 Å². The molecule has 0 aromatic heterocycles. The number of nitrogens with zero attached hydrogens (tertiary/aromatic N) is 2. The Morgan fingerprint density at radius 1 is 1.28 bits per heavy atom. The number of amides is 1. The molecule has 1 fully saturated rings. The zero-order chi connectivity index (χ0) is 13.1. The molecule has 1 amide bonds. The highest BCUT2D eigenvalue weighted by Crippen LogP contribution is 2.20. The lowest BCUT2D eigenvalue weighted by Gasteiger charge is -2.36. The van der Waals surface area contributed by atoms with E-state index in [1.807, 2.05) is 11.0 Å². The Hall–Kier alpha value is -1.62. The number of halogens is 1. The Bertz CT molecular complexity index is 428. The molecular formula is C13H18FN3O. The summed E-state index contributed by atoms with van der Waals surface area (Å²) in [4.78, 5) is 15.4. The van der Waals surface area contributed by atoms with Crippen molar-refractivity contribution in [2.24, 2.45) is 5.73 Å². The lowest BCUT2D eigenvalue weighted by atomic mass is 10.2. The van der Waals surface area contributed by atoms with E-state index >= 15 is 0 Å². The molecular weight excluding hydrogens is 233 g/mol. The van der Waals surface area contributed by atoms with Gasteiger partial charge in [0.25, 0.3) is 0 Å². The maximum atomic E-state index is 13.6. The number of nitrogens with two attached hydrogens (primary N) is 1. The van der Waals surface area contributed by atoms with Crippen LogP contribution in [0.4, 0.5) is 10.1 Å². The molecule has 98 valence electrons. The van der Waals surface area contributed by atoms with E-state index < -0.39 is 6.04 Å². The summed E-state index contributed by atoms with van der Waals surface area (Å²) in [6.45, 7) is 4.15. The summed E-state index contributed by atoms with van der Waals surface area (Å²) in [6.07, 6.45) is 0. The first-order valence-electron chi connectivity index (χ1n) is 6.13. The molecule has 2 rings (SSSR count). The lowest BCUT2D eigenvalue weighted by Crippen LogP contribution is -2.52. The third-order valence-electron chi connectivity index (χ3n) is 3.17. The van der Waals surface area contributed by atoms with E-state index in [1.165, 1.54) is 6.07 Å². The van der Waals surface area contributed by atoms with Crippen molar-refractivity contribution in [3.63, 3.8) is 0 Å². The molecule has 0 spiro atoms. The molecule has 5 heteroatoms. The highest BCUT2D eigenvalue weighted by Gasteiger charge is 2.24. The number of hydrogen-bond acceptors (Lipinski definition) is 3. The van der Waals surface area contributed by atoms with Crippen LogP contribution in [-0.2, 0) is 4.79 Å². The lowest BCUT2D eigenvalue weighted by molar-refractivity contribution is -0.132. The molecule has 4 nitrogen and oxygen atoms in total. The van der Waals surface area contributed by atoms with E-state index in [-0.39, 0.29) is 11.7 Å². The van der Waals surface area contributed by atoms with Crippen molar-refractivity contribution in [1.29, 1.82) is 0 Å². The van der Waals surface area contributed by atoms with Gasteiger partial charge in [-0.05, 0) is 19.1 Å². The molecule has 2 N–H and O–H groups in total. The van der Waals surface area contributed by atoms with Gasteiger partial charge in [-0.25, -0.2) is 4.39 Å². The summed E-state index contributed by atoms with van der Waals surface area (Å²) in [7, 11) is 0. The fourth-order valence-corrected chi connectivity index (χ4v) is 2.16. The number of piperazine rings is 1. The molecule has 1 heterocycles. The van der Waals surface area contributed by atoms with Gasteiger partial charge >= 0.3 is 0 Å². The number of benzene rings is 1. The van der Waals surface area contributed by atoms with Crippen LogP contribution >= 0.6 is 0 Å². The molecule has 1 saturated heterocycles. The van der Waals surface area contributed by atoms with Crippen LogP contribution in [0, 0.1) is 5.82 Å². The Morgan fingerprint density at radius 3 is 2.44 bits per heavy atom. The fourth-order valence-electron chi connectivity index (χ4n) is 2.16. The number of rotatable bonds is 2. The minimum absolute atomic E-state index is 0.0387. The van der Waals surface area contributed by atoms with Crippen molar-refractivity contribution in [3.8, 4) is 0 Å². The fraction of sp³-hybridized carbons (Fsp3) is 0.462. The van der Waals surface area contributed by atoms with Crippen LogP contribution < -0.4 is 10.6 Å². The predicted molar refractivity (Wildman–Crippen MR) is 68.8 cm³/mol. The molecule has 0 aliphatic carbocycles. The Labute approximate surface area is 106 Å². The minimum Gasteiger partial charge on any atom is -0.366 e. The van der Waals surface area contributed by atoms with Gasteiger partial charge in [0.05, 0.1) is 11.7 Å². The minimum atomic E-state index is -0.468. The van der Waals surface area contributed by atoms with Crippen LogP contribution in [0.15, 0.2) is 24.3 Å². The first-order chi connectivity index (χ1) is 8.59. The van der Waals surface area contributed by atoms with Gasteiger partial charge in [-0.15, -0.1) is 0 Å². The summed E-state index contributed by atoms with van der Waals surface area (Å²) in [5, 5.41) is 0. The van der Waals surface area contributed by atoms with E-state index in [0.717, 1.165) is 0 Å². The topological polar surface area (TPSA) is 49.6 Å². The number of carbonyl (C=O) groups excluding carboxylic acids is 1. The SMILES string of the molecule is CC(N)C(=O)N1CCN(c2ccccc2F)CC1. The average Bonchev–Trinajstić information content (AvgIpc) is 2.38. The van der Waals surface area contributed by atoms with Gasteiger partial charge in [0.15, 0.2) is 0 Å². The van der Waals surface area contributed by atoms with E-state index in [9.17, 15) is 9.18 Å². The van der Waals surface area contributed by atoms with Crippen LogP contribution in [0.3, 0.4) is 0 Å². The summed E-state index contributed by atoms with van der Waals surface area (Å²) in [5.74, 6) is -0.257. The second-order valence-electron chi connectivity index (χ2n) is 4.55. The highest BCUT2D eigenvalue weighted by atomic mass is 19.1. The van der Waals surface area contributed by atoms with Crippen molar-refractivity contribution in [2.45, 2.75) is 13.0 Å². The Morgan fingerprint density at radius 2 is 1.89 bits per heavy atom. The van der Waals surface area contributed by atoms with E-state index in [2.05, 4.69) is 0 Å². The zero-order valence-electron chi connectivity index (χ0n) is 10.5. The van der Waals surface area contributed by atoms with Crippen LogP contribution in [0.2, 0.25) is 0 Å².